The van der Waals surface area contributed by atoms with Crippen LogP contribution in [-0.4, -0.2) is 26.4 Å². The Morgan fingerprint density at radius 3 is 2.65 bits per heavy atom. The van der Waals surface area contributed by atoms with Crippen LogP contribution in [0.4, 0.5) is 5.69 Å². The molecule has 0 unspecified atom stereocenters. The lowest BCUT2D eigenvalue weighted by Crippen LogP contribution is -1.92. The van der Waals surface area contributed by atoms with Crippen molar-refractivity contribution in [2.24, 2.45) is 0 Å². The smallest absolute Gasteiger partial charge is 0.281 e. The van der Waals surface area contributed by atoms with Crippen LogP contribution in [0.1, 0.15) is 10.4 Å². The number of rotatable bonds is 5. The molecule has 2 heterocycles. The highest BCUT2D eigenvalue weighted by Gasteiger charge is 2.15. The van der Waals surface area contributed by atoms with Crippen molar-refractivity contribution in [2.45, 2.75) is 10.1 Å². The molecule has 0 aliphatic carbocycles. The van der Waals surface area contributed by atoms with Crippen LogP contribution in [0.5, 0.6) is 0 Å². The number of aldehydes is 1. The molecular formula is C14H8N4O4S. The van der Waals surface area contributed by atoms with Gasteiger partial charge in [-0.15, -0.1) is 10.2 Å². The van der Waals surface area contributed by atoms with Crippen LogP contribution in [0.2, 0.25) is 0 Å². The second-order valence-electron chi connectivity index (χ2n) is 4.31. The summed E-state index contributed by atoms with van der Waals surface area (Å²) in [5, 5.41) is 18.8. The molecule has 23 heavy (non-hydrogen) atoms. The minimum absolute atomic E-state index is 0.153. The van der Waals surface area contributed by atoms with Gasteiger partial charge in [-0.2, -0.15) is 0 Å². The van der Waals surface area contributed by atoms with E-state index < -0.39 is 4.92 Å². The number of benzene rings is 1. The highest BCUT2D eigenvalue weighted by Crippen LogP contribution is 2.32. The average molecular weight is 328 g/mol. The number of aromatic nitrogens is 3. The summed E-state index contributed by atoms with van der Waals surface area (Å²) >= 11 is 1.06. The van der Waals surface area contributed by atoms with Gasteiger partial charge in [-0.3, -0.25) is 19.9 Å². The van der Waals surface area contributed by atoms with Crippen molar-refractivity contribution in [2.75, 3.05) is 0 Å². The summed E-state index contributed by atoms with van der Waals surface area (Å²) in [5.41, 5.74) is 0.756. The largest absolute Gasteiger partial charge is 0.411 e. The number of nitro benzene ring substituents is 1. The summed E-state index contributed by atoms with van der Waals surface area (Å²) in [4.78, 5) is 25.7. The lowest BCUT2D eigenvalue weighted by Gasteiger charge is -2.00. The Morgan fingerprint density at radius 2 is 1.96 bits per heavy atom. The number of nitro groups is 1. The molecule has 0 aliphatic rings. The molecule has 0 fully saturated rings. The minimum atomic E-state index is -0.560. The third-order valence-corrected chi connectivity index (χ3v) is 3.79. The first kappa shape index (κ1) is 14.9. The number of hydrogen-bond donors (Lipinski definition) is 0. The van der Waals surface area contributed by atoms with E-state index in [0.717, 1.165) is 17.3 Å². The molecule has 9 heteroatoms. The summed E-state index contributed by atoms with van der Waals surface area (Å²) in [6, 6.07) is 7.45. The van der Waals surface area contributed by atoms with Gasteiger partial charge in [0.05, 0.1) is 4.92 Å². The van der Waals surface area contributed by atoms with Crippen molar-refractivity contribution in [3.8, 4) is 11.5 Å². The molecule has 2 aromatic heterocycles. The zero-order valence-corrected chi connectivity index (χ0v) is 12.3. The maximum Gasteiger partial charge on any atom is 0.281 e. The van der Waals surface area contributed by atoms with Crippen LogP contribution in [0.25, 0.3) is 11.5 Å². The topological polar surface area (TPSA) is 112 Å². The highest BCUT2D eigenvalue weighted by atomic mass is 32.2. The third-order valence-electron chi connectivity index (χ3n) is 2.86. The first-order chi connectivity index (χ1) is 11.2. The van der Waals surface area contributed by atoms with Crippen molar-refractivity contribution in [3.05, 3.63) is 58.4 Å². The fraction of sp³-hybridized carbons (Fsp3) is 0. The Hall–Kier alpha value is -3.07. The predicted octanol–water partition coefficient (Wildman–Crippen LogP) is 3.00. The summed E-state index contributed by atoms with van der Waals surface area (Å²) in [6.07, 6.45) is 3.76. The van der Waals surface area contributed by atoms with Gasteiger partial charge in [-0.25, -0.2) is 0 Å². The van der Waals surface area contributed by atoms with Crippen LogP contribution >= 0.6 is 11.8 Å². The van der Waals surface area contributed by atoms with E-state index in [9.17, 15) is 14.9 Å². The zero-order valence-electron chi connectivity index (χ0n) is 11.4. The second-order valence-corrected chi connectivity index (χ2v) is 5.30. The summed E-state index contributed by atoms with van der Waals surface area (Å²) in [7, 11) is 0. The fourth-order valence-corrected chi connectivity index (χ4v) is 2.54. The monoisotopic (exact) mass is 328 g/mol. The molecule has 0 bridgehead atoms. The van der Waals surface area contributed by atoms with Gasteiger partial charge in [-0.05, 0) is 30.0 Å². The molecule has 0 saturated heterocycles. The lowest BCUT2D eigenvalue weighted by molar-refractivity contribution is -0.384. The van der Waals surface area contributed by atoms with Gasteiger partial charge in [0, 0.05) is 40.5 Å². The second kappa shape index (κ2) is 6.36. The van der Waals surface area contributed by atoms with Crippen LogP contribution in [0.3, 0.4) is 0 Å². The first-order valence-corrected chi connectivity index (χ1v) is 7.14. The van der Waals surface area contributed by atoms with Crippen molar-refractivity contribution >= 4 is 23.7 Å². The number of carbonyl (C=O) groups is 1. The van der Waals surface area contributed by atoms with E-state index in [2.05, 4.69) is 15.2 Å². The molecule has 0 N–H and O–H groups in total. The van der Waals surface area contributed by atoms with Gasteiger partial charge in [0.2, 0.25) is 5.89 Å². The average Bonchev–Trinajstić information content (AvgIpc) is 3.04. The molecule has 3 aromatic rings. The van der Waals surface area contributed by atoms with E-state index in [-0.39, 0.29) is 16.5 Å². The van der Waals surface area contributed by atoms with E-state index in [1.54, 1.807) is 24.5 Å². The maximum atomic E-state index is 11.1. The molecule has 0 radical (unpaired) electrons. The quantitative estimate of drug-likeness (QED) is 0.399. The van der Waals surface area contributed by atoms with Crippen molar-refractivity contribution in [1.29, 1.82) is 0 Å². The van der Waals surface area contributed by atoms with Gasteiger partial charge in [-0.1, -0.05) is 0 Å². The SMILES string of the molecule is O=Cc1cc([N+](=O)[O-])ccc1Sc1nnc(-c2ccncc2)o1. The summed E-state index contributed by atoms with van der Waals surface area (Å²) in [6.45, 7) is 0. The Labute approximate surface area is 133 Å². The molecule has 114 valence electrons. The van der Waals surface area contributed by atoms with E-state index in [1.807, 2.05) is 0 Å². The van der Waals surface area contributed by atoms with E-state index in [4.69, 9.17) is 4.42 Å². The van der Waals surface area contributed by atoms with Crippen molar-refractivity contribution in [3.63, 3.8) is 0 Å². The summed E-state index contributed by atoms with van der Waals surface area (Å²) < 4.78 is 5.51. The lowest BCUT2D eigenvalue weighted by atomic mass is 10.2. The van der Waals surface area contributed by atoms with Gasteiger partial charge in [0.15, 0.2) is 6.29 Å². The first-order valence-electron chi connectivity index (χ1n) is 6.33. The molecule has 0 atom stereocenters. The van der Waals surface area contributed by atoms with Crippen LogP contribution in [0.15, 0.2) is 57.3 Å². The normalized spacial score (nSPS) is 10.4. The van der Waals surface area contributed by atoms with E-state index >= 15 is 0 Å². The molecule has 3 rings (SSSR count). The molecule has 0 saturated carbocycles. The Kier molecular flexibility index (Phi) is 4.11. The number of pyridine rings is 1. The number of nitrogens with zero attached hydrogens (tertiary/aromatic N) is 4. The standard InChI is InChI=1S/C14H8N4O4S/c19-8-10-7-11(18(20)21)1-2-12(10)23-14-17-16-13(22-14)9-3-5-15-6-4-9/h1-8H. The highest BCUT2D eigenvalue weighted by molar-refractivity contribution is 7.99. The number of carbonyl (C=O) groups excluding carboxylic acids is 1. The molecular weight excluding hydrogens is 320 g/mol. The summed E-state index contributed by atoms with van der Waals surface area (Å²) in [5.74, 6) is 0.324. The Morgan fingerprint density at radius 1 is 1.17 bits per heavy atom. The zero-order chi connectivity index (χ0) is 16.2. The van der Waals surface area contributed by atoms with Crippen molar-refractivity contribution in [1.82, 2.24) is 15.2 Å². The Balaban J connectivity index is 1.87. The molecule has 8 nitrogen and oxygen atoms in total. The van der Waals surface area contributed by atoms with Gasteiger partial charge in [0.1, 0.15) is 0 Å². The van der Waals surface area contributed by atoms with Crippen LogP contribution in [0, 0.1) is 10.1 Å². The van der Waals surface area contributed by atoms with E-state index in [1.165, 1.54) is 18.2 Å². The molecule has 1 aromatic carbocycles. The third kappa shape index (κ3) is 3.24. The number of non-ortho nitro benzene ring substituents is 1. The molecule has 0 amide bonds. The number of hydrogen-bond acceptors (Lipinski definition) is 8. The van der Waals surface area contributed by atoms with Gasteiger partial charge in [0.25, 0.3) is 10.9 Å². The van der Waals surface area contributed by atoms with E-state index in [0.29, 0.717) is 17.1 Å². The predicted molar refractivity (Wildman–Crippen MR) is 80.1 cm³/mol. The van der Waals surface area contributed by atoms with Crippen molar-refractivity contribution < 1.29 is 14.1 Å². The fourth-order valence-electron chi connectivity index (χ4n) is 1.79. The Bertz CT molecular complexity index is 866. The maximum absolute atomic E-state index is 11.1. The van der Waals surface area contributed by atoms with Crippen LogP contribution in [-0.2, 0) is 0 Å². The minimum Gasteiger partial charge on any atom is -0.411 e. The molecule has 0 aliphatic heterocycles. The van der Waals surface area contributed by atoms with Gasteiger partial charge >= 0.3 is 0 Å². The molecule has 0 spiro atoms. The van der Waals surface area contributed by atoms with Crippen LogP contribution < -0.4 is 0 Å². The van der Waals surface area contributed by atoms with Gasteiger partial charge < -0.3 is 4.42 Å².